The maximum Gasteiger partial charge on any atom is 0.310 e. The Balaban J connectivity index is 2.56. The summed E-state index contributed by atoms with van der Waals surface area (Å²) in [6.07, 6.45) is 0.637. The number of H-pyrrole nitrogens is 2. The highest BCUT2D eigenvalue weighted by atomic mass is 16.2. The molecule has 1 heterocycles. The lowest BCUT2D eigenvalue weighted by molar-refractivity contribution is -0.129. The highest BCUT2D eigenvalue weighted by Gasteiger charge is 2.08. The van der Waals surface area contributed by atoms with Gasteiger partial charge in [0.1, 0.15) is 0 Å². The number of carbonyl (C=O) groups excluding carboxylic acids is 1. The molecule has 0 saturated carbocycles. The van der Waals surface area contributed by atoms with Gasteiger partial charge in [0.2, 0.25) is 11.3 Å². The third-order valence-corrected chi connectivity index (χ3v) is 2.36. The number of aromatic amines is 2. The van der Waals surface area contributed by atoms with Crippen molar-refractivity contribution >= 4 is 5.91 Å². The van der Waals surface area contributed by atoms with Crippen LogP contribution in [0.3, 0.4) is 0 Å². The fourth-order valence-corrected chi connectivity index (χ4v) is 1.34. The Morgan fingerprint density at radius 1 is 1.41 bits per heavy atom. The number of hydrogen-bond acceptors (Lipinski definition) is 4. The summed E-state index contributed by atoms with van der Waals surface area (Å²) >= 11 is 0. The molecule has 7 nitrogen and oxygen atoms in total. The molecule has 0 aliphatic rings. The number of rotatable bonds is 5. The fourth-order valence-electron chi connectivity index (χ4n) is 1.34. The van der Waals surface area contributed by atoms with E-state index in [2.05, 4.69) is 10.2 Å². The van der Waals surface area contributed by atoms with Gasteiger partial charge in [-0.3, -0.25) is 19.5 Å². The van der Waals surface area contributed by atoms with Crippen molar-refractivity contribution in [2.24, 2.45) is 5.73 Å². The van der Waals surface area contributed by atoms with Crippen LogP contribution in [0.2, 0.25) is 0 Å². The van der Waals surface area contributed by atoms with Crippen molar-refractivity contribution < 1.29 is 4.79 Å². The van der Waals surface area contributed by atoms with Gasteiger partial charge in [-0.1, -0.05) is 0 Å². The van der Waals surface area contributed by atoms with E-state index in [1.807, 2.05) is 0 Å². The second-order valence-corrected chi connectivity index (χ2v) is 3.72. The normalized spacial score (nSPS) is 10.2. The third kappa shape index (κ3) is 3.87. The number of aryl methyl sites for hydroxylation is 1. The number of likely N-dealkylation sites (N-methyl/N-ethyl adjacent to an activating group) is 1. The number of nitrogens with zero attached hydrogens (tertiary/aromatic N) is 1. The minimum Gasteiger partial charge on any atom is -0.344 e. The molecule has 17 heavy (non-hydrogen) atoms. The first-order chi connectivity index (χ1) is 8.04. The number of hydrogen-bond donors (Lipinski definition) is 3. The van der Waals surface area contributed by atoms with Gasteiger partial charge in [0.05, 0.1) is 0 Å². The lowest BCUT2D eigenvalue weighted by Crippen LogP contribution is -2.32. The molecular formula is C10H16N4O3. The first kappa shape index (κ1) is 13.2. The van der Waals surface area contributed by atoms with Crippen molar-refractivity contribution in [2.75, 3.05) is 20.1 Å². The first-order valence-corrected chi connectivity index (χ1v) is 5.29. The molecule has 0 fully saturated rings. The van der Waals surface area contributed by atoms with Crippen LogP contribution < -0.4 is 16.7 Å². The molecule has 94 valence electrons. The molecule has 0 bridgehead atoms. The average molecular weight is 240 g/mol. The predicted molar refractivity (Wildman–Crippen MR) is 62.7 cm³/mol. The van der Waals surface area contributed by atoms with Crippen molar-refractivity contribution in [3.05, 3.63) is 32.3 Å². The molecule has 7 heteroatoms. The number of amides is 1. The van der Waals surface area contributed by atoms with Crippen LogP contribution >= 0.6 is 0 Å². The summed E-state index contributed by atoms with van der Waals surface area (Å²) in [5.74, 6) is -0.0532. The maximum atomic E-state index is 11.6. The second-order valence-electron chi connectivity index (χ2n) is 3.72. The zero-order valence-electron chi connectivity index (χ0n) is 9.66. The predicted octanol–water partition coefficient (Wildman–Crippen LogP) is -1.59. The molecule has 0 spiro atoms. The molecule has 0 atom stereocenters. The van der Waals surface area contributed by atoms with Gasteiger partial charge >= 0.3 is 5.56 Å². The lowest BCUT2D eigenvalue weighted by Gasteiger charge is -2.15. The summed E-state index contributed by atoms with van der Waals surface area (Å²) in [6, 6.07) is 1.20. The topological polar surface area (TPSA) is 112 Å². The molecule has 4 N–H and O–H groups in total. The molecule has 0 unspecified atom stereocenters. The van der Waals surface area contributed by atoms with E-state index in [0.717, 1.165) is 0 Å². The highest BCUT2D eigenvalue weighted by molar-refractivity contribution is 5.76. The zero-order chi connectivity index (χ0) is 12.8. The van der Waals surface area contributed by atoms with E-state index in [9.17, 15) is 14.4 Å². The van der Waals surface area contributed by atoms with Crippen LogP contribution in [-0.2, 0) is 11.2 Å². The standard InChI is InChI=1S/C10H16N4O3/c1-14(5-4-11)9(16)3-2-7-6-8(15)10(17)13-12-7/h6H,2-5,11H2,1H3,(H,12,15)(H,13,17). The minimum absolute atomic E-state index is 0.0532. The van der Waals surface area contributed by atoms with Gasteiger partial charge in [0.25, 0.3) is 0 Å². The molecule has 1 rings (SSSR count). The van der Waals surface area contributed by atoms with E-state index in [1.54, 1.807) is 7.05 Å². The Hall–Kier alpha value is -1.89. The molecule has 1 aromatic rings. The lowest BCUT2D eigenvalue weighted by atomic mass is 10.2. The Bertz CT molecular complexity index is 491. The van der Waals surface area contributed by atoms with E-state index in [4.69, 9.17) is 5.73 Å². The van der Waals surface area contributed by atoms with E-state index < -0.39 is 11.0 Å². The van der Waals surface area contributed by atoms with Crippen molar-refractivity contribution in [1.82, 2.24) is 15.1 Å². The summed E-state index contributed by atoms with van der Waals surface area (Å²) in [4.78, 5) is 35.0. The largest absolute Gasteiger partial charge is 0.344 e. The number of aromatic nitrogens is 2. The van der Waals surface area contributed by atoms with Gasteiger partial charge in [-0.15, -0.1) is 0 Å². The fraction of sp³-hybridized carbons (Fsp3) is 0.500. The van der Waals surface area contributed by atoms with Crippen LogP contribution in [-0.4, -0.2) is 41.1 Å². The Morgan fingerprint density at radius 3 is 2.71 bits per heavy atom. The van der Waals surface area contributed by atoms with Crippen molar-refractivity contribution in [3.63, 3.8) is 0 Å². The monoisotopic (exact) mass is 240 g/mol. The number of nitrogens with two attached hydrogens (primary N) is 1. The Labute approximate surface area is 97.6 Å². The van der Waals surface area contributed by atoms with E-state index >= 15 is 0 Å². The van der Waals surface area contributed by atoms with Crippen LogP contribution in [0.25, 0.3) is 0 Å². The Morgan fingerprint density at radius 2 is 2.12 bits per heavy atom. The van der Waals surface area contributed by atoms with E-state index in [1.165, 1.54) is 11.0 Å². The van der Waals surface area contributed by atoms with Crippen molar-refractivity contribution in [3.8, 4) is 0 Å². The van der Waals surface area contributed by atoms with Gasteiger partial charge < -0.3 is 15.7 Å². The van der Waals surface area contributed by atoms with Crippen molar-refractivity contribution in [2.45, 2.75) is 12.8 Å². The van der Waals surface area contributed by atoms with Crippen LogP contribution in [0.1, 0.15) is 12.1 Å². The highest BCUT2D eigenvalue weighted by Crippen LogP contribution is 1.97. The minimum atomic E-state index is -0.694. The zero-order valence-corrected chi connectivity index (χ0v) is 9.66. The molecule has 0 aliphatic carbocycles. The smallest absolute Gasteiger partial charge is 0.310 e. The summed E-state index contributed by atoms with van der Waals surface area (Å²) < 4.78 is 0. The molecule has 1 aromatic heterocycles. The van der Waals surface area contributed by atoms with Crippen LogP contribution in [0.5, 0.6) is 0 Å². The number of carbonyl (C=O) groups is 1. The first-order valence-electron chi connectivity index (χ1n) is 5.29. The molecule has 1 amide bonds. The molecule has 0 radical (unpaired) electrons. The van der Waals surface area contributed by atoms with Crippen LogP contribution in [0.4, 0.5) is 0 Å². The van der Waals surface area contributed by atoms with Gasteiger partial charge in [0.15, 0.2) is 0 Å². The summed E-state index contributed by atoms with van der Waals surface area (Å²) in [7, 11) is 1.67. The van der Waals surface area contributed by atoms with Crippen molar-refractivity contribution in [1.29, 1.82) is 0 Å². The van der Waals surface area contributed by atoms with Gasteiger partial charge in [-0.2, -0.15) is 0 Å². The van der Waals surface area contributed by atoms with Gasteiger partial charge in [-0.05, 0) is 6.42 Å². The summed E-state index contributed by atoms with van der Waals surface area (Å²) in [5, 5.41) is 4.78. The summed E-state index contributed by atoms with van der Waals surface area (Å²) in [5.41, 5.74) is 4.56. The van der Waals surface area contributed by atoms with Gasteiger partial charge in [-0.25, -0.2) is 0 Å². The van der Waals surface area contributed by atoms with E-state index in [0.29, 0.717) is 25.2 Å². The maximum absolute atomic E-state index is 11.6. The molecular weight excluding hydrogens is 224 g/mol. The quantitative estimate of drug-likeness (QED) is 0.539. The Kier molecular flexibility index (Phi) is 4.65. The van der Waals surface area contributed by atoms with Crippen LogP contribution in [0.15, 0.2) is 15.7 Å². The average Bonchev–Trinajstić information content (AvgIpc) is 2.30. The second kappa shape index (κ2) is 6.00. The SMILES string of the molecule is CN(CCN)C(=O)CCc1cc(=O)c(=O)[nH][nH]1. The molecule has 0 aromatic carbocycles. The van der Waals surface area contributed by atoms with Gasteiger partial charge in [0, 0.05) is 38.3 Å². The summed E-state index contributed by atoms with van der Waals surface area (Å²) in [6.45, 7) is 0.915. The van der Waals surface area contributed by atoms with E-state index in [-0.39, 0.29) is 12.3 Å². The third-order valence-electron chi connectivity index (χ3n) is 2.36. The molecule has 0 aliphatic heterocycles. The molecule has 0 saturated heterocycles. The van der Waals surface area contributed by atoms with Crippen LogP contribution in [0, 0.1) is 0 Å². The number of nitrogens with one attached hydrogen (secondary N) is 2.